The fraction of sp³-hybridized carbons (Fsp3) is 0.333. The predicted molar refractivity (Wildman–Crippen MR) is 58.1 cm³/mol. The van der Waals surface area contributed by atoms with Crippen LogP contribution in [0.25, 0.3) is 0 Å². The number of carbonyl (C=O) groups excluding carboxylic acids is 2. The SMILES string of the molecule is COCc1cccc(C(=O)OCC(C)=O)c1. The van der Waals surface area contributed by atoms with Crippen LogP contribution in [-0.4, -0.2) is 25.5 Å². The first kappa shape index (κ1) is 12.4. The summed E-state index contributed by atoms with van der Waals surface area (Å²) in [4.78, 5) is 22.1. The number of benzene rings is 1. The molecule has 1 rings (SSSR count). The van der Waals surface area contributed by atoms with Gasteiger partial charge in [0.1, 0.15) is 6.61 Å². The van der Waals surface area contributed by atoms with E-state index in [0.717, 1.165) is 5.56 Å². The molecule has 16 heavy (non-hydrogen) atoms. The summed E-state index contributed by atoms with van der Waals surface area (Å²) < 4.78 is 9.75. The van der Waals surface area contributed by atoms with Crippen LogP contribution in [0.1, 0.15) is 22.8 Å². The van der Waals surface area contributed by atoms with Crippen LogP contribution in [0.4, 0.5) is 0 Å². The summed E-state index contributed by atoms with van der Waals surface area (Å²) in [6, 6.07) is 6.93. The number of ether oxygens (including phenoxy) is 2. The van der Waals surface area contributed by atoms with Gasteiger partial charge < -0.3 is 9.47 Å². The Labute approximate surface area is 94.2 Å². The lowest BCUT2D eigenvalue weighted by molar-refractivity contribution is -0.120. The Hall–Kier alpha value is -1.68. The lowest BCUT2D eigenvalue weighted by Gasteiger charge is -2.04. The number of carbonyl (C=O) groups is 2. The summed E-state index contributed by atoms with van der Waals surface area (Å²) in [5.74, 6) is -0.672. The van der Waals surface area contributed by atoms with Crippen molar-refractivity contribution in [2.75, 3.05) is 13.7 Å². The highest BCUT2D eigenvalue weighted by Crippen LogP contribution is 2.07. The minimum atomic E-state index is -0.492. The number of ketones is 1. The Balaban J connectivity index is 2.67. The molecule has 1 aromatic carbocycles. The average Bonchev–Trinajstić information content (AvgIpc) is 2.26. The van der Waals surface area contributed by atoms with E-state index in [1.165, 1.54) is 6.92 Å². The lowest BCUT2D eigenvalue weighted by atomic mass is 10.1. The zero-order valence-electron chi connectivity index (χ0n) is 9.36. The summed E-state index contributed by atoms with van der Waals surface area (Å²) >= 11 is 0. The van der Waals surface area contributed by atoms with Gasteiger partial charge in [-0.2, -0.15) is 0 Å². The van der Waals surface area contributed by atoms with Crippen molar-refractivity contribution in [1.29, 1.82) is 0 Å². The molecule has 0 aliphatic heterocycles. The summed E-state index contributed by atoms with van der Waals surface area (Å²) in [6.07, 6.45) is 0. The fourth-order valence-corrected chi connectivity index (χ4v) is 1.21. The third-order valence-electron chi connectivity index (χ3n) is 1.88. The standard InChI is InChI=1S/C12H14O4/c1-9(13)7-16-12(14)11-5-3-4-10(6-11)8-15-2/h3-6H,7-8H2,1-2H3. The van der Waals surface area contributed by atoms with Crippen molar-refractivity contribution in [3.63, 3.8) is 0 Å². The number of hydrogen-bond donors (Lipinski definition) is 0. The van der Waals surface area contributed by atoms with Gasteiger partial charge in [0.25, 0.3) is 0 Å². The van der Waals surface area contributed by atoms with Crippen LogP contribution in [-0.2, 0) is 20.9 Å². The molecular weight excluding hydrogens is 208 g/mol. The number of methoxy groups -OCH3 is 1. The molecule has 0 aromatic heterocycles. The summed E-state index contributed by atoms with van der Waals surface area (Å²) in [6.45, 7) is 1.62. The minimum absolute atomic E-state index is 0.179. The van der Waals surface area contributed by atoms with Gasteiger partial charge in [0.2, 0.25) is 0 Å². The van der Waals surface area contributed by atoms with Crippen LogP contribution in [0, 0.1) is 0 Å². The highest BCUT2D eigenvalue weighted by Gasteiger charge is 2.08. The van der Waals surface area contributed by atoms with Gasteiger partial charge in [-0.15, -0.1) is 0 Å². The summed E-state index contributed by atoms with van der Waals surface area (Å²) in [5, 5.41) is 0. The molecule has 4 nitrogen and oxygen atoms in total. The molecular formula is C12H14O4. The lowest BCUT2D eigenvalue weighted by Crippen LogP contribution is -2.11. The van der Waals surface area contributed by atoms with Crippen LogP contribution < -0.4 is 0 Å². The van der Waals surface area contributed by atoms with Gasteiger partial charge in [-0.3, -0.25) is 4.79 Å². The second-order valence-corrected chi connectivity index (χ2v) is 3.41. The van der Waals surface area contributed by atoms with E-state index in [1.54, 1.807) is 25.3 Å². The molecule has 4 heteroatoms. The third kappa shape index (κ3) is 3.82. The summed E-state index contributed by atoms with van der Waals surface area (Å²) in [7, 11) is 1.58. The topological polar surface area (TPSA) is 52.6 Å². The van der Waals surface area contributed by atoms with Crippen molar-refractivity contribution in [3.8, 4) is 0 Å². The third-order valence-corrected chi connectivity index (χ3v) is 1.88. The van der Waals surface area contributed by atoms with Gasteiger partial charge in [0.15, 0.2) is 5.78 Å². The molecule has 0 N–H and O–H groups in total. The first-order valence-electron chi connectivity index (χ1n) is 4.88. The molecule has 0 unspecified atom stereocenters. The van der Waals surface area contributed by atoms with E-state index in [1.807, 2.05) is 6.07 Å². The van der Waals surface area contributed by atoms with Gasteiger partial charge in [-0.1, -0.05) is 12.1 Å². The Morgan fingerprint density at radius 2 is 2.06 bits per heavy atom. The first-order valence-corrected chi connectivity index (χ1v) is 4.88. The molecule has 1 aromatic rings. The molecule has 0 heterocycles. The zero-order valence-corrected chi connectivity index (χ0v) is 9.36. The van der Waals surface area contributed by atoms with Crippen molar-refractivity contribution in [2.45, 2.75) is 13.5 Å². The molecule has 0 aliphatic rings. The normalized spacial score (nSPS) is 9.88. The Bertz CT molecular complexity index is 384. The van der Waals surface area contributed by atoms with E-state index in [4.69, 9.17) is 9.47 Å². The highest BCUT2D eigenvalue weighted by atomic mass is 16.5. The van der Waals surface area contributed by atoms with Gasteiger partial charge in [0, 0.05) is 7.11 Å². The molecule has 0 aliphatic carbocycles. The van der Waals surface area contributed by atoms with E-state index in [9.17, 15) is 9.59 Å². The molecule has 0 radical (unpaired) electrons. The highest BCUT2D eigenvalue weighted by molar-refractivity contribution is 5.91. The maximum Gasteiger partial charge on any atom is 0.338 e. The molecule has 0 bridgehead atoms. The molecule has 0 fully saturated rings. The first-order chi connectivity index (χ1) is 7.63. The maximum absolute atomic E-state index is 11.5. The van der Waals surface area contributed by atoms with E-state index in [-0.39, 0.29) is 12.4 Å². The maximum atomic E-state index is 11.5. The average molecular weight is 222 g/mol. The van der Waals surface area contributed by atoms with Crippen molar-refractivity contribution in [3.05, 3.63) is 35.4 Å². The Kier molecular flexibility index (Phi) is 4.66. The number of Topliss-reactive ketones (excluding diaryl/α,β-unsaturated/α-hetero) is 1. The van der Waals surface area contributed by atoms with Crippen molar-refractivity contribution < 1.29 is 19.1 Å². The number of hydrogen-bond acceptors (Lipinski definition) is 4. The van der Waals surface area contributed by atoms with Crippen LogP contribution in [0.15, 0.2) is 24.3 Å². The van der Waals surface area contributed by atoms with Crippen LogP contribution in [0.3, 0.4) is 0 Å². The second-order valence-electron chi connectivity index (χ2n) is 3.41. The number of esters is 1. The Morgan fingerprint density at radius 1 is 1.31 bits per heavy atom. The van der Waals surface area contributed by atoms with Gasteiger partial charge in [0.05, 0.1) is 12.2 Å². The van der Waals surface area contributed by atoms with E-state index in [0.29, 0.717) is 12.2 Å². The number of rotatable bonds is 5. The van der Waals surface area contributed by atoms with Crippen molar-refractivity contribution in [2.24, 2.45) is 0 Å². The van der Waals surface area contributed by atoms with E-state index < -0.39 is 5.97 Å². The molecule has 0 spiro atoms. The van der Waals surface area contributed by atoms with Crippen molar-refractivity contribution >= 4 is 11.8 Å². The van der Waals surface area contributed by atoms with E-state index >= 15 is 0 Å². The van der Waals surface area contributed by atoms with Gasteiger partial charge in [-0.05, 0) is 24.6 Å². The van der Waals surface area contributed by atoms with Crippen LogP contribution in [0.5, 0.6) is 0 Å². The minimum Gasteiger partial charge on any atom is -0.454 e. The predicted octanol–water partition coefficient (Wildman–Crippen LogP) is 1.58. The summed E-state index contributed by atoms with van der Waals surface area (Å²) in [5.41, 5.74) is 1.32. The molecule has 0 saturated carbocycles. The van der Waals surface area contributed by atoms with Gasteiger partial charge in [-0.25, -0.2) is 4.79 Å². The molecule has 0 amide bonds. The van der Waals surface area contributed by atoms with Crippen LogP contribution >= 0.6 is 0 Å². The molecule has 0 saturated heterocycles. The van der Waals surface area contributed by atoms with Crippen molar-refractivity contribution in [1.82, 2.24) is 0 Å². The second kappa shape index (κ2) is 6.02. The smallest absolute Gasteiger partial charge is 0.338 e. The molecule has 0 atom stereocenters. The van der Waals surface area contributed by atoms with Gasteiger partial charge >= 0.3 is 5.97 Å². The quantitative estimate of drug-likeness (QED) is 0.710. The molecule has 86 valence electrons. The Morgan fingerprint density at radius 3 is 2.69 bits per heavy atom. The zero-order chi connectivity index (χ0) is 12.0. The fourth-order valence-electron chi connectivity index (χ4n) is 1.21. The monoisotopic (exact) mass is 222 g/mol. The van der Waals surface area contributed by atoms with Crippen LogP contribution in [0.2, 0.25) is 0 Å². The van der Waals surface area contributed by atoms with E-state index in [2.05, 4.69) is 0 Å². The largest absolute Gasteiger partial charge is 0.454 e.